The van der Waals surface area contributed by atoms with E-state index >= 15 is 0 Å². The standard InChI is InChI=1S/C23H14F6N2O2.C23H15F5N2O2/c1-33-15-6-7-31-14(8-15)9-17(23(27,28)29)21(31)12-2-4-13(5-3-12)30-22(32)16-10-19(25)20(26)11-18(16)24;1-32-16-9-10-30-15(11-16)12-17(23(26,27)28)21(30)13-5-7-14(8-6-13)29-22(31)20-18(24)3-2-4-19(20)25/h2-11H,1H3,(H,30,32);2-12H,1H3,(H,29,31). The fourth-order valence-corrected chi connectivity index (χ4v) is 6.82. The average molecular weight is 911 g/mol. The maximum Gasteiger partial charge on any atom is 0.418 e. The van der Waals surface area contributed by atoms with E-state index in [9.17, 15) is 57.9 Å². The first-order valence-electron chi connectivity index (χ1n) is 18.7. The van der Waals surface area contributed by atoms with Crippen LogP contribution in [0.15, 0.2) is 128 Å². The number of anilines is 2. The Morgan fingerprint density at radius 3 is 1.32 bits per heavy atom. The number of halogens is 11. The monoisotopic (exact) mass is 910 g/mol. The van der Waals surface area contributed by atoms with Crippen molar-refractivity contribution in [1.82, 2.24) is 8.80 Å². The first-order valence-corrected chi connectivity index (χ1v) is 18.7. The summed E-state index contributed by atoms with van der Waals surface area (Å²) in [5, 5.41) is 4.65. The Labute approximate surface area is 360 Å². The second kappa shape index (κ2) is 17.7. The number of alkyl halides is 6. The molecule has 8 nitrogen and oxygen atoms in total. The highest BCUT2D eigenvalue weighted by Gasteiger charge is 2.37. The highest BCUT2D eigenvalue weighted by Crippen LogP contribution is 2.42. The molecule has 0 unspecified atom stereocenters. The second-order valence-electron chi connectivity index (χ2n) is 13.9. The minimum absolute atomic E-state index is 0.0897. The molecular weight excluding hydrogens is 882 g/mol. The number of pyridine rings is 2. The highest BCUT2D eigenvalue weighted by atomic mass is 19.4. The predicted octanol–water partition coefficient (Wildman–Crippen LogP) is 12.5. The zero-order valence-electron chi connectivity index (χ0n) is 33.3. The number of rotatable bonds is 8. The van der Waals surface area contributed by atoms with Crippen LogP contribution >= 0.6 is 0 Å². The van der Waals surface area contributed by atoms with Crippen molar-refractivity contribution < 1.29 is 67.4 Å². The Morgan fingerprint density at radius 1 is 0.492 bits per heavy atom. The predicted molar refractivity (Wildman–Crippen MR) is 217 cm³/mol. The van der Waals surface area contributed by atoms with Gasteiger partial charge in [-0.2, -0.15) is 26.3 Å². The summed E-state index contributed by atoms with van der Waals surface area (Å²) in [6.45, 7) is 0. The number of amides is 2. The lowest BCUT2D eigenvalue weighted by Gasteiger charge is -2.12. The molecular formula is C46H29F11N4O4. The van der Waals surface area contributed by atoms with E-state index in [0.717, 1.165) is 30.3 Å². The quantitative estimate of drug-likeness (QED) is 0.117. The molecule has 0 bridgehead atoms. The SMILES string of the molecule is COc1ccn2c(-c3ccc(NC(=O)c4c(F)cccc4F)cc3)c(C(F)(F)F)cc2c1.COc1ccn2c(-c3ccc(NC(=O)c4cc(F)c(F)cc4F)cc3)c(C(F)(F)F)cc2c1. The van der Waals surface area contributed by atoms with Crippen LogP contribution in [0.25, 0.3) is 33.5 Å². The first-order chi connectivity index (χ1) is 30.8. The minimum Gasteiger partial charge on any atom is -0.497 e. The summed E-state index contributed by atoms with van der Waals surface area (Å²) < 4.78 is 163. The Morgan fingerprint density at radius 2 is 0.908 bits per heavy atom. The number of fused-ring (bicyclic) bond motifs is 2. The number of hydrogen-bond donors (Lipinski definition) is 2. The number of methoxy groups -OCH3 is 2. The zero-order valence-corrected chi connectivity index (χ0v) is 33.3. The van der Waals surface area contributed by atoms with Gasteiger partial charge in [0.15, 0.2) is 11.6 Å². The summed E-state index contributed by atoms with van der Waals surface area (Å²) in [6, 6.07) is 22.5. The summed E-state index contributed by atoms with van der Waals surface area (Å²) in [7, 11) is 2.82. The van der Waals surface area contributed by atoms with Gasteiger partial charge in [-0.15, -0.1) is 0 Å². The van der Waals surface area contributed by atoms with Crippen molar-refractivity contribution >= 4 is 34.2 Å². The van der Waals surface area contributed by atoms with E-state index in [0.29, 0.717) is 23.1 Å². The second-order valence-corrected chi connectivity index (χ2v) is 13.9. The lowest BCUT2D eigenvalue weighted by Crippen LogP contribution is -2.15. The molecule has 0 aliphatic rings. The van der Waals surface area contributed by atoms with Crippen LogP contribution in [-0.2, 0) is 12.4 Å². The summed E-state index contributed by atoms with van der Waals surface area (Å²) >= 11 is 0. The van der Waals surface area contributed by atoms with Gasteiger partial charge in [-0.25, -0.2) is 22.0 Å². The van der Waals surface area contributed by atoms with E-state index in [1.54, 1.807) is 0 Å². The molecule has 0 atom stereocenters. The molecule has 0 aliphatic carbocycles. The van der Waals surface area contributed by atoms with Crippen molar-refractivity contribution in [3.05, 3.63) is 179 Å². The van der Waals surface area contributed by atoms with E-state index in [1.165, 1.54) is 108 Å². The van der Waals surface area contributed by atoms with Crippen molar-refractivity contribution in [1.29, 1.82) is 0 Å². The van der Waals surface area contributed by atoms with Gasteiger partial charge in [-0.3, -0.25) is 9.59 Å². The number of benzene rings is 4. The van der Waals surface area contributed by atoms with Crippen molar-refractivity contribution in [2.75, 3.05) is 24.9 Å². The normalized spacial score (nSPS) is 11.6. The summed E-state index contributed by atoms with van der Waals surface area (Å²) in [6.07, 6.45) is -6.33. The number of hydrogen-bond acceptors (Lipinski definition) is 4. The molecule has 8 rings (SSSR count). The van der Waals surface area contributed by atoms with Gasteiger partial charge in [0.05, 0.1) is 42.3 Å². The first kappa shape index (κ1) is 45.2. The molecule has 0 saturated carbocycles. The largest absolute Gasteiger partial charge is 0.497 e. The van der Waals surface area contributed by atoms with Crippen molar-refractivity contribution in [2.24, 2.45) is 0 Å². The number of carbonyl (C=O) groups excluding carboxylic acids is 2. The van der Waals surface area contributed by atoms with Gasteiger partial charge >= 0.3 is 12.4 Å². The minimum atomic E-state index is -4.63. The fraction of sp³-hybridized carbons (Fsp3) is 0.0870. The number of ether oxygens (including phenoxy) is 2. The molecule has 0 fully saturated rings. The van der Waals surface area contributed by atoms with Crippen LogP contribution in [0.5, 0.6) is 11.5 Å². The van der Waals surface area contributed by atoms with Gasteiger partial charge < -0.3 is 28.9 Å². The van der Waals surface area contributed by atoms with Gasteiger partial charge in [0.25, 0.3) is 11.8 Å². The van der Waals surface area contributed by atoms with Crippen LogP contribution in [0.1, 0.15) is 31.8 Å². The van der Waals surface area contributed by atoms with Crippen LogP contribution in [0, 0.1) is 29.1 Å². The van der Waals surface area contributed by atoms with Crippen molar-refractivity contribution in [3.8, 4) is 34.0 Å². The lowest BCUT2D eigenvalue weighted by molar-refractivity contribution is -0.137. The molecule has 2 N–H and O–H groups in total. The van der Waals surface area contributed by atoms with Gasteiger partial charge in [-0.05, 0) is 77.9 Å². The molecule has 4 aromatic heterocycles. The van der Waals surface area contributed by atoms with Crippen LogP contribution in [-0.4, -0.2) is 34.8 Å². The maximum absolute atomic E-state index is 13.8. The van der Waals surface area contributed by atoms with E-state index in [1.807, 2.05) is 0 Å². The summed E-state index contributed by atoms with van der Waals surface area (Å²) in [5.41, 5.74) is -2.11. The molecule has 0 aliphatic heterocycles. The summed E-state index contributed by atoms with van der Waals surface area (Å²) in [4.78, 5) is 24.5. The lowest BCUT2D eigenvalue weighted by atomic mass is 10.1. The van der Waals surface area contributed by atoms with Crippen LogP contribution < -0.4 is 20.1 Å². The molecule has 19 heteroatoms. The van der Waals surface area contributed by atoms with Gasteiger partial charge in [0.1, 0.15) is 34.5 Å². The van der Waals surface area contributed by atoms with E-state index in [2.05, 4.69) is 10.6 Å². The molecule has 2 amide bonds. The smallest absolute Gasteiger partial charge is 0.418 e. The highest BCUT2D eigenvalue weighted by molar-refractivity contribution is 6.05. The third-order valence-corrected chi connectivity index (χ3v) is 9.85. The topological polar surface area (TPSA) is 85.5 Å². The molecule has 0 saturated heterocycles. The van der Waals surface area contributed by atoms with Crippen LogP contribution in [0.3, 0.4) is 0 Å². The van der Waals surface area contributed by atoms with Crippen molar-refractivity contribution in [3.63, 3.8) is 0 Å². The van der Waals surface area contributed by atoms with Gasteiger partial charge in [-0.1, -0.05) is 30.3 Å². The molecule has 4 aromatic carbocycles. The Bertz CT molecular complexity index is 3070. The van der Waals surface area contributed by atoms with Crippen LogP contribution in [0.2, 0.25) is 0 Å². The molecule has 0 spiro atoms. The van der Waals surface area contributed by atoms with E-state index < -0.39 is 75.5 Å². The maximum atomic E-state index is 13.8. The van der Waals surface area contributed by atoms with Crippen LogP contribution in [0.4, 0.5) is 59.7 Å². The number of aromatic nitrogens is 2. The molecule has 0 radical (unpaired) electrons. The molecule has 8 aromatic rings. The van der Waals surface area contributed by atoms with Crippen molar-refractivity contribution in [2.45, 2.75) is 12.4 Å². The van der Waals surface area contributed by atoms with E-state index in [-0.39, 0.29) is 45.5 Å². The van der Waals surface area contributed by atoms with Gasteiger partial charge in [0, 0.05) is 53.0 Å². The molecule has 334 valence electrons. The number of nitrogens with one attached hydrogen (secondary N) is 2. The third kappa shape index (κ3) is 9.44. The zero-order chi connectivity index (χ0) is 47.0. The number of carbonyl (C=O) groups is 2. The average Bonchev–Trinajstić information content (AvgIpc) is 3.85. The Kier molecular flexibility index (Phi) is 12.3. The molecule has 65 heavy (non-hydrogen) atoms. The number of nitrogens with zero attached hydrogens (tertiary/aromatic N) is 2. The van der Waals surface area contributed by atoms with Gasteiger partial charge in [0.2, 0.25) is 0 Å². The van der Waals surface area contributed by atoms with E-state index in [4.69, 9.17) is 9.47 Å². The summed E-state index contributed by atoms with van der Waals surface area (Å²) in [5.74, 6) is -7.39. The Balaban J connectivity index is 0.000000194. The molecule has 4 heterocycles. The fourth-order valence-electron chi connectivity index (χ4n) is 6.82. The third-order valence-electron chi connectivity index (χ3n) is 9.85. The Hall–Kier alpha value is -7.83.